The summed E-state index contributed by atoms with van der Waals surface area (Å²) in [5, 5.41) is 5.63. The number of ether oxygens (including phenoxy) is 1. The van der Waals surface area contributed by atoms with Gasteiger partial charge in [-0.15, -0.1) is 0 Å². The van der Waals surface area contributed by atoms with Gasteiger partial charge in [-0.2, -0.15) is 0 Å². The van der Waals surface area contributed by atoms with Crippen LogP contribution in [-0.4, -0.2) is 27.6 Å². The molecule has 0 spiro atoms. The molecule has 0 aliphatic carbocycles. The van der Waals surface area contributed by atoms with Gasteiger partial charge in [-0.3, -0.25) is 15.3 Å². The van der Waals surface area contributed by atoms with E-state index in [1.54, 1.807) is 37.4 Å². The molecular weight excluding hydrogens is 361 g/mol. The molecule has 0 radical (unpaired) electrons. The number of urea groups is 1. The van der Waals surface area contributed by atoms with Crippen molar-refractivity contribution in [3.8, 4) is 5.75 Å². The molecule has 0 unspecified atom stereocenters. The minimum atomic E-state index is -1.05. The van der Waals surface area contributed by atoms with Crippen molar-refractivity contribution < 1.29 is 13.9 Å². The molecule has 28 heavy (non-hydrogen) atoms. The van der Waals surface area contributed by atoms with Crippen LogP contribution in [0.1, 0.15) is 23.2 Å². The van der Waals surface area contributed by atoms with Crippen LogP contribution in [0.4, 0.5) is 15.0 Å². The number of nitrogens with one attached hydrogen (secondary N) is 2. The second-order valence-electron chi connectivity index (χ2n) is 6.49. The predicted octanol–water partition coefficient (Wildman–Crippen LogP) is 3.17. The zero-order chi connectivity index (χ0) is 19.6. The minimum absolute atomic E-state index is 0.304. The number of benzene rings is 1. The third-order valence-electron chi connectivity index (χ3n) is 4.71. The van der Waals surface area contributed by atoms with Crippen molar-refractivity contribution in [3.63, 3.8) is 0 Å². The van der Waals surface area contributed by atoms with E-state index in [-0.39, 0.29) is 5.82 Å². The standard InChI is InChI=1S/C20H18FN5O2/c1-13-4-5-14(11-15(13)21)20(6-10-28-16-3-2-7-24-18(16)20)26-19(27)25-17-12-22-8-9-23-17/h2-5,7-9,11-12H,6,10H2,1H3,(H2,23,25,26,27)/t20-/m0/s1. The maximum Gasteiger partial charge on any atom is 0.321 e. The Morgan fingerprint density at radius 3 is 2.89 bits per heavy atom. The Morgan fingerprint density at radius 1 is 1.21 bits per heavy atom. The predicted molar refractivity (Wildman–Crippen MR) is 100 cm³/mol. The van der Waals surface area contributed by atoms with E-state index >= 15 is 0 Å². The molecule has 0 bridgehead atoms. The maximum absolute atomic E-state index is 14.4. The number of nitrogens with zero attached hydrogens (tertiary/aromatic N) is 3. The number of carbonyl (C=O) groups is 1. The van der Waals surface area contributed by atoms with Crippen LogP contribution in [0.2, 0.25) is 0 Å². The Bertz CT molecular complexity index is 1010. The summed E-state index contributed by atoms with van der Waals surface area (Å²) in [5.41, 5.74) is 0.596. The Labute approximate surface area is 161 Å². The lowest BCUT2D eigenvalue weighted by molar-refractivity contribution is 0.200. The number of hydrogen-bond donors (Lipinski definition) is 2. The van der Waals surface area contributed by atoms with Crippen LogP contribution < -0.4 is 15.4 Å². The van der Waals surface area contributed by atoms with E-state index in [0.717, 1.165) is 0 Å². The van der Waals surface area contributed by atoms with Gasteiger partial charge in [-0.25, -0.2) is 14.2 Å². The monoisotopic (exact) mass is 379 g/mol. The number of hydrogen-bond acceptors (Lipinski definition) is 5. The molecule has 2 aromatic heterocycles. The first-order chi connectivity index (χ1) is 13.6. The lowest BCUT2D eigenvalue weighted by atomic mass is 9.81. The van der Waals surface area contributed by atoms with E-state index in [1.807, 2.05) is 0 Å². The molecule has 1 aliphatic rings. The number of halogens is 1. The van der Waals surface area contributed by atoms with Crippen molar-refractivity contribution in [2.75, 3.05) is 11.9 Å². The van der Waals surface area contributed by atoms with Gasteiger partial charge in [-0.05, 0) is 36.2 Å². The third kappa shape index (κ3) is 3.24. The summed E-state index contributed by atoms with van der Waals surface area (Å²) in [6, 6.07) is 7.95. The largest absolute Gasteiger partial charge is 0.491 e. The molecule has 3 heterocycles. The second kappa shape index (κ2) is 7.22. The molecule has 8 heteroatoms. The molecule has 0 saturated carbocycles. The quantitative estimate of drug-likeness (QED) is 0.730. The SMILES string of the molecule is Cc1ccc([C@@]2(NC(=O)Nc3cnccn3)CCOc3cccnc32)cc1F. The van der Waals surface area contributed by atoms with Crippen LogP contribution in [0.15, 0.2) is 55.1 Å². The molecule has 4 rings (SSSR count). The maximum atomic E-state index is 14.4. The normalized spacial score (nSPS) is 17.9. The van der Waals surface area contributed by atoms with Gasteiger partial charge in [0.05, 0.1) is 12.8 Å². The summed E-state index contributed by atoms with van der Waals surface area (Å²) in [6.45, 7) is 2.04. The van der Waals surface area contributed by atoms with Gasteiger partial charge < -0.3 is 10.1 Å². The van der Waals surface area contributed by atoms with Crippen molar-refractivity contribution in [2.24, 2.45) is 0 Å². The number of anilines is 1. The van der Waals surface area contributed by atoms with Crippen LogP contribution in [-0.2, 0) is 5.54 Å². The van der Waals surface area contributed by atoms with Crippen LogP contribution in [0.25, 0.3) is 0 Å². The highest BCUT2D eigenvalue weighted by atomic mass is 19.1. The van der Waals surface area contributed by atoms with Crippen molar-refractivity contribution in [3.05, 3.63) is 77.8 Å². The fourth-order valence-electron chi connectivity index (χ4n) is 3.30. The first-order valence-electron chi connectivity index (χ1n) is 8.78. The highest BCUT2D eigenvalue weighted by Crippen LogP contribution is 2.40. The molecule has 1 atom stereocenters. The molecule has 3 aromatic rings. The summed E-state index contributed by atoms with van der Waals surface area (Å²) in [6.07, 6.45) is 6.45. The van der Waals surface area contributed by atoms with Gasteiger partial charge in [0.2, 0.25) is 0 Å². The Morgan fingerprint density at radius 2 is 2.11 bits per heavy atom. The zero-order valence-corrected chi connectivity index (χ0v) is 15.1. The average molecular weight is 379 g/mol. The van der Waals surface area contributed by atoms with Crippen LogP contribution in [0.3, 0.4) is 0 Å². The number of pyridine rings is 1. The highest BCUT2D eigenvalue weighted by molar-refractivity contribution is 5.89. The van der Waals surface area contributed by atoms with Crippen LogP contribution >= 0.6 is 0 Å². The lowest BCUT2D eigenvalue weighted by Gasteiger charge is -2.38. The molecule has 1 aromatic carbocycles. The van der Waals surface area contributed by atoms with Crippen molar-refractivity contribution in [1.29, 1.82) is 0 Å². The van der Waals surface area contributed by atoms with Gasteiger partial charge in [0.15, 0.2) is 5.82 Å². The highest BCUT2D eigenvalue weighted by Gasteiger charge is 2.42. The number of amides is 2. The Kier molecular flexibility index (Phi) is 4.60. The zero-order valence-electron chi connectivity index (χ0n) is 15.1. The van der Waals surface area contributed by atoms with Crippen LogP contribution in [0, 0.1) is 12.7 Å². The average Bonchev–Trinajstić information content (AvgIpc) is 2.71. The molecule has 0 fully saturated rings. The number of rotatable bonds is 3. The van der Waals surface area contributed by atoms with E-state index in [2.05, 4.69) is 25.6 Å². The molecular formula is C20H18FN5O2. The van der Waals surface area contributed by atoms with Gasteiger partial charge in [0.25, 0.3) is 0 Å². The molecule has 1 aliphatic heterocycles. The minimum Gasteiger partial charge on any atom is -0.491 e. The number of carbonyl (C=O) groups excluding carboxylic acids is 1. The third-order valence-corrected chi connectivity index (χ3v) is 4.71. The lowest BCUT2D eigenvalue weighted by Crippen LogP contribution is -2.51. The number of aromatic nitrogens is 3. The van der Waals surface area contributed by atoms with Crippen LogP contribution in [0.5, 0.6) is 5.75 Å². The summed E-state index contributed by atoms with van der Waals surface area (Å²) in [5.74, 6) is 0.505. The van der Waals surface area contributed by atoms with Gasteiger partial charge in [0, 0.05) is 25.0 Å². The summed E-state index contributed by atoms with van der Waals surface area (Å²) < 4.78 is 20.1. The van der Waals surface area contributed by atoms with Gasteiger partial charge >= 0.3 is 6.03 Å². The van der Waals surface area contributed by atoms with E-state index in [4.69, 9.17) is 4.74 Å². The topological polar surface area (TPSA) is 89.0 Å². The van der Waals surface area contributed by atoms with E-state index in [9.17, 15) is 9.18 Å². The summed E-state index contributed by atoms with van der Waals surface area (Å²) >= 11 is 0. The number of aryl methyl sites for hydroxylation is 1. The smallest absolute Gasteiger partial charge is 0.321 e. The first kappa shape index (κ1) is 17.8. The van der Waals surface area contributed by atoms with Crippen molar-refractivity contribution in [2.45, 2.75) is 18.9 Å². The van der Waals surface area contributed by atoms with E-state index in [0.29, 0.717) is 41.4 Å². The molecule has 7 nitrogen and oxygen atoms in total. The molecule has 2 N–H and O–H groups in total. The van der Waals surface area contributed by atoms with Crippen molar-refractivity contribution in [1.82, 2.24) is 20.3 Å². The fourth-order valence-corrected chi connectivity index (χ4v) is 3.30. The Balaban J connectivity index is 1.77. The summed E-state index contributed by atoms with van der Waals surface area (Å²) in [7, 11) is 0. The molecule has 142 valence electrons. The van der Waals surface area contributed by atoms with E-state index < -0.39 is 11.6 Å². The first-order valence-corrected chi connectivity index (χ1v) is 8.78. The fraction of sp³-hybridized carbons (Fsp3) is 0.200. The van der Waals surface area contributed by atoms with E-state index in [1.165, 1.54) is 24.7 Å². The summed E-state index contributed by atoms with van der Waals surface area (Å²) in [4.78, 5) is 25.2. The molecule has 0 saturated heterocycles. The molecule has 2 amide bonds. The number of fused-ring (bicyclic) bond motifs is 1. The Hall–Kier alpha value is -3.55. The van der Waals surface area contributed by atoms with Gasteiger partial charge in [0.1, 0.15) is 22.8 Å². The second-order valence-corrected chi connectivity index (χ2v) is 6.49. The van der Waals surface area contributed by atoms with Gasteiger partial charge in [-0.1, -0.05) is 12.1 Å². The van der Waals surface area contributed by atoms with Crippen molar-refractivity contribution >= 4 is 11.8 Å².